The lowest BCUT2D eigenvalue weighted by Crippen LogP contribution is -2.31. The monoisotopic (exact) mass is 403 g/mol. The molecule has 0 radical (unpaired) electrons. The van der Waals surface area contributed by atoms with E-state index in [1.807, 2.05) is 0 Å². The minimum atomic E-state index is -1.04. The van der Waals surface area contributed by atoms with E-state index in [0.29, 0.717) is 9.75 Å². The van der Waals surface area contributed by atoms with E-state index in [1.165, 1.54) is 22.7 Å². The minimum absolute atomic E-state index is 0.145. The van der Waals surface area contributed by atoms with Gasteiger partial charge in [0.15, 0.2) is 5.76 Å². The van der Waals surface area contributed by atoms with Gasteiger partial charge in [-0.25, -0.2) is 8.78 Å². The first kappa shape index (κ1) is 17.6. The van der Waals surface area contributed by atoms with Crippen LogP contribution in [-0.2, 0) is 4.79 Å². The number of aliphatic hydroxyl groups excluding tert-OH is 1. The Kier molecular flexibility index (Phi) is 4.37. The molecule has 3 aromatic rings. The third kappa shape index (κ3) is 2.87. The van der Waals surface area contributed by atoms with Crippen molar-refractivity contribution in [2.24, 2.45) is 0 Å². The van der Waals surface area contributed by atoms with Gasteiger partial charge in [-0.15, -0.1) is 22.7 Å². The lowest BCUT2D eigenvalue weighted by atomic mass is 10.0. The number of amides is 1. The summed E-state index contributed by atoms with van der Waals surface area (Å²) >= 11 is 2.41. The molecular formula is C19H11F2NO3S2. The van der Waals surface area contributed by atoms with E-state index in [2.05, 4.69) is 0 Å². The summed E-state index contributed by atoms with van der Waals surface area (Å²) in [5.41, 5.74) is -0.479. The van der Waals surface area contributed by atoms with E-state index in [-0.39, 0.29) is 11.3 Å². The average Bonchev–Trinajstić information content (AvgIpc) is 3.39. The first-order valence-corrected chi connectivity index (χ1v) is 9.58. The van der Waals surface area contributed by atoms with Crippen molar-refractivity contribution >= 4 is 40.1 Å². The molecule has 1 amide bonds. The van der Waals surface area contributed by atoms with E-state index in [9.17, 15) is 23.5 Å². The average molecular weight is 403 g/mol. The number of rotatable bonds is 4. The summed E-state index contributed by atoms with van der Waals surface area (Å²) in [6, 6.07) is 8.32. The summed E-state index contributed by atoms with van der Waals surface area (Å²) in [7, 11) is 0. The fourth-order valence-corrected chi connectivity index (χ4v) is 4.51. The molecule has 4 rings (SSSR count). The molecule has 8 heteroatoms. The SMILES string of the molecule is O=C(C1=C(O)C(=O)N(c2cc(F)ccc2F)C1c1cccs1)c1cccs1. The van der Waals surface area contributed by atoms with Crippen LogP contribution in [0.25, 0.3) is 0 Å². The van der Waals surface area contributed by atoms with E-state index < -0.39 is 35.1 Å². The number of aliphatic hydroxyl groups is 1. The van der Waals surface area contributed by atoms with Gasteiger partial charge in [-0.3, -0.25) is 14.5 Å². The zero-order valence-electron chi connectivity index (χ0n) is 13.6. The second kappa shape index (κ2) is 6.71. The van der Waals surface area contributed by atoms with Crippen LogP contribution in [0, 0.1) is 11.6 Å². The molecule has 0 bridgehead atoms. The molecule has 1 aliphatic heterocycles. The number of carbonyl (C=O) groups excluding carboxylic acids is 2. The number of nitrogens with zero attached hydrogens (tertiary/aromatic N) is 1. The van der Waals surface area contributed by atoms with Crippen LogP contribution in [-0.4, -0.2) is 16.8 Å². The lowest BCUT2D eigenvalue weighted by Gasteiger charge is -2.26. The molecule has 3 heterocycles. The van der Waals surface area contributed by atoms with Crippen molar-refractivity contribution in [2.45, 2.75) is 6.04 Å². The van der Waals surface area contributed by atoms with Crippen molar-refractivity contribution in [3.63, 3.8) is 0 Å². The molecule has 4 nitrogen and oxygen atoms in total. The Morgan fingerprint density at radius 1 is 1.07 bits per heavy atom. The molecule has 0 fully saturated rings. The highest BCUT2D eigenvalue weighted by molar-refractivity contribution is 7.12. The zero-order valence-corrected chi connectivity index (χ0v) is 15.2. The highest BCUT2D eigenvalue weighted by Gasteiger charge is 2.46. The van der Waals surface area contributed by atoms with Gasteiger partial charge < -0.3 is 5.11 Å². The Morgan fingerprint density at radius 2 is 1.81 bits per heavy atom. The fourth-order valence-electron chi connectivity index (χ4n) is 3.01. The summed E-state index contributed by atoms with van der Waals surface area (Å²) in [6.07, 6.45) is 0. The molecule has 1 aliphatic rings. The Balaban J connectivity index is 1.90. The highest BCUT2D eigenvalue weighted by atomic mass is 32.1. The first-order chi connectivity index (χ1) is 13.0. The predicted molar refractivity (Wildman–Crippen MR) is 99.2 cm³/mol. The fraction of sp³-hybridized carbons (Fsp3) is 0.0526. The van der Waals surface area contributed by atoms with E-state index in [1.54, 1.807) is 35.0 Å². The number of halogens is 2. The molecule has 1 N–H and O–H groups in total. The van der Waals surface area contributed by atoms with Crippen molar-refractivity contribution in [3.8, 4) is 0 Å². The number of benzene rings is 1. The quantitative estimate of drug-likeness (QED) is 0.633. The predicted octanol–water partition coefficient (Wildman–Crippen LogP) is 4.87. The standard InChI is InChI=1S/C19H11F2NO3S2/c20-10-5-6-11(21)12(9-10)22-16(13-3-1-7-26-13)15(18(24)19(22)25)17(23)14-4-2-8-27-14/h1-9,16,24H. The van der Waals surface area contributed by atoms with Gasteiger partial charge in [-0.05, 0) is 35.0 Å². The van der Waals surface area contributed by atoms with Crippen molar-refractivity contribution in [2.75, 3.05) is 4.90 Å². The van der Waals surface area contributed by atoms with Crippen LogP contribution in [0.1, 0.15) is 20.6 Å². The van der Waals surface area contributed by atoms with Crippen LogP contribution in [0.15, 0.2) is 64.6 Å². The Hall–Kier alpha value is -2.84. The van der Waals surface area contributed by atoms with Crippen LogP contribution < -0.4 is 4.90 Å². The molecule has 1 unspecified atom stereocenters. The number of anilines is 1. The van der Waals surface area contributed by atoms with E-state index >= 15 is 0 Å². The molecule has 2 aromatic heterocycles. The number of hydrogen-bond donors (Lipinski definition) is 1. The van der Waals surface area contributed by atoms with Crippen LogP contribution in [0.3, 0.4) is 0 Å². The van der Waals surface area contributed by atoms with Gasteiger partial charge in [0.1, 0.15) is 17.7 Å². The zero-order chi connectivity index (χ0) is 19.1. The van der Waals surface area contributed by atoms with Gasteiger partial charge in [0.2, 0.25) is 5.78 Å². The molecule has 0 spiro atoms. The summed E-state index contributed by atoms with van der Waals surface area (Å²) in [4.78, 5) is 27.5. The van der Waals surface area contributed by atoms with Gasteiger partial charge in [-0.2, -0.15) is 0 Å². The van der Waals surface area contributed by atoms with Crippen molar-refractivity contribution in [1.29, 1.82) is 0 Å². The van der Waals surface area contributed by atoms with Gasteiger partial charge in [-0.1, -0.05) is 12.1 Å². The van der Waals surface area contributed by atoms with Gasteiger partial charge >= 0.3 is 0 Å². The molecule has 0 saturated heterocycles. The molecule has 0 saturated carbocycles. The lowest BCUT2D eigenvalue weighted by molar-refractivity contribution is -0.117. The molecule has 27 heavy (non-hydrogen) atoms. The maximum atomic E-state index is 14.4. The molecular weight excluding hydrogens is 392 g/mol. The summed E-state index contributed by atoms with van der Waals surface area (Å²) in [6.45, 7) is 0. The second-order valence-corrected chi connectivity index (χ2v) is 7.68. The highest BCUT2D eigenvalue weighted by Crippen LogP contribution is 2.44. The van der Waals surface area contributed by atoms with Gasteiger partial charge in [0.05, 0.1) is 16.1 Å². The number of Topliss-reactive ketones (excluding diaryl/α,β-unsaturated/α-hetero) is 1. The molecule has 136 valence electrons. The Bertz CT molecular complexity index is 1060. The van der Waals surface area contributed by atoms with Crippen LogP contribution in [0.4, 0.5) is 14.5 Å². The second-order valence-electron chi connectivity index (χ2n) is 5.76. The molecule has 1 aromatic carbocycles. The Labute approximate surface area is 160 Å². The minimum Gasteiger partial charge on any atom is -0.503 e. The topological polar surface area (TPSA) is 57.6 Å². The number of carbonyl (C=O) groups is 2. The number of hydrogen-bond acceptors (Lipinski definition) is 5. The summed E-state index contributed by atoms with van der Waals surface area (Å²) < 4.78 is 28.1. The third-order valence-electron chi connectivity index (χ3n) is 4.18. The Morgan fingerprint density at radius 3 is 2.48 bits per heavy atom. The number of thiophene rings is 2. The summed E-state index contributed by atoms with van der Waals surface area (Å²) in [5.74, 6) is -3.78. The molecule has 1 atom stereocenters. The van der Waals surface area contributed by atoms with E-state index in [0.717, 1.165) is 23.1 Å². The maximum Gasteiger partial charge on any atom is 0.294 e. The first-order valence-electron chi connectivity index (χ1n) is 7.82. The van der Waals surface area contributed by atoms with Crippen LogP contribution in [0.5, 0.6) is 0 Å². The van der Waals surface area contributed by atoms with E-state index in [4.69, 9.17) is 0 Å². The smallest absolute Gasteiger partial charge is 0.294 e. The maximum absolute atomic E-state index is 14.4. The van der Waals surface area contributed by atoms with Gasteiger partial charge in [0, 0.05) is 10.9 Å². The van der Waals surface area contributed by atoms with Crippen LogP contribution >= 0.6 is 22.7 Å². The third-order valence-corrected chi connectivity index (χ3v) is 5.97. The van der Waals surface area contributed by atoms with Crippen molar-refractivity contribution < 1.29 is 23.5 Å². The van der Waals surface area contributed by atoms with Crippen molar-refractivity contribution in [3.05, 3.63) is 85.9 Å². The number of ketones is 1. The van der Waals surface area contributed by atoms with Crippen LogP contribution in [0.2, 0.25) is 0 Å². The normalized spacial score (nSPS) is 17.0. The van der Waals surface area contributed by atoms with Gasteiger partial charge in [0.25, 0.3) is 5.91 Å². The summed E-state index contributed by atoms with van der Waals surface area (Å²) in [5, 5.41) is 13.9. The molecule has 0 aliphatic carbocycles. The largest absolute Gasteiger partial charge is 0.503 e. The van der Waals surface area contributed by atoms with Crippen molar-refractivity contribution in [1.82, 2.24) is 0 Å².